The number of ether oxygens (including phenoxy) is 1. The zero-order valence-corrected chi connectivity index (χ0v) is 17.2. The minimum absolute atomic E-state index is 0.583. The first-order chi connectivity index (χ1) is 12.3. The number of hydrogen-bond acceptors (Lipinski definition) is 1. The van der Waals surface area contributed by atoms with Crippen LogP contribution in [0.2, 0.25) is 0 Å². The van der Waals surface area contributed by atoms with Crippen molar-refractivity contribution in [3.05, 3.63) is 0 Å². The van der Waals surface area contributed by atoms with Crippen molar-refractivity contribution < 1.29 is 4.74 Å². The first kappa shape index (κ1) is 19.7. The summed E-state index contributed by atoms with van der Waals surface area (Å²) in [4.78, 5) is 0. The summed E-state index contributed by atoms with van der Waals surface area (Å²) in [6.07, 6.45) is 22.6. The first-order valence-corrected chi connectivity index (χ1v) is 11.9. The summed E-state index contributed by atoms with van der Waals surface area (Å²) in [7, 11) is 0. The molecule has 1 heterocycles. The zero-order chi connectivity index (χ0) is 17.5. The Bertz CT molecular complexity index is 341. The van der Waals surface area contributed by atoms with Crippen LogP contribution in [-0.4, -0.2) is 12.7 Å². The Morgan fingerprint density at radius 3 is 1.68 bits per heavy atom. The summed E-state index contributed by atoms with van der Waals surface area (Å²) in [5.74, 6) is 5.14. The summed E-state index contributed by atoms with van der Waals surface area (Å²) < 4.78 is 6.09. The van der Waals surface area contributed by atoms with Crippen LogP contribution in [0.4, 0.5) is 0 Å². The molecule has 0 aromatic heterocycles. The number of hydrogen-bond donors (Lipinski definition) is 0. The van der Waals surface area contributed by atoms with E-state index in [0.29, 0.717) is 6.10 Å². The molecule has 0 radical (unpaired) electrons. The van der Waals surface area contributed by atoms with Crippen LogP contribution in [0.15, 0.2) is 0 Å². The Hall–Kier alpha value is -0.0400. The SMILES string of the molecule is CCCC1CCC(CCC2CCC(C3CCC(CC)CC3)CC2)CO1. The molecule has 1 nitrogen and oxygen atoms in total. The fraction of sp³-hybridized carbons (Fsp3) is 1.00. The zero-order valence-electron chi connectivity index (χ0n) is 17.2. The van der Waals surface area contributed by atoms with Gasteiger partial charge in [-0.05, 0) is 81.0 Å². The summed E-state index contributed by atoms with van der Waals surface area (Å²) in [5.41, 5.74) is 0. The van der Waals surface area contributed by atoms with Crippen LogP contribution < -0.4 is 0 Å². The topological polar surface area (TPSA) is 9.23 Å². The van der Waals surface area contributed by atoms with Gasteiger partial charge in [0.1, 0.15) is 0 Å². The van der Waals surface area contributed by atoms with Gasteiger partial charge in [-0.25, -0.2) is 0 Å². The highest BCUT2D eigenvalue weighted by molar-refractivity contribution is 4.82. The molecule has 2 unspecified atom stereocenters. The minimum atomic E-state index is 0.583. The highest BCUT2D eigenvalue weighted by Gasteiger charge is 2.31. The highest BCUT2D eigenvalue weighted by atomic mass is 16.5. The van der Waals surface area contributed by atoms with Gasteiger partial charge in [-0.15, -0.1) is 0 Å². The smallest absolute Gasteiger partial charge is 0.0575 e. The Labute approximate surface area is 157 Å². The maximum absolute atomic E-state index is 6.09. The van der Waals surface area contributed by atoms with Crippen molar-refractivity contribution in [2.24, 2.45) is 29.6 Å². The minimum Gasteiger partial charge on any atom is -0.378 e. The maximum atomic E-state index is 6.09. The van der Waals surface area contributed by atoms with Gasteiger partial charge in [0.2, 0.25) is 0 Å². The van der Waals surface area contributed by atoms with Gasteiger partial charge in [-0.2, -0.15) is 0 Å². The van der Waals surface area contributed by atoms with Gasteiger partial charge < -0.3 is 4.74 Å². The molecule has 2 saturated carbocycles. The van der Waals surface area contributed by atoms with E-state index in [2.05, 4.69) is 13.8 Å². The molecule has 0 aromatic rings. The monoisotopic (exact) mass is 348 g/mol. The molecule has 2 aliphatic carbocycles. The van der Waals surface area contributed by atoms with Crippen molar-refractivity contribution in [2.75, 3.05) is 6.61 Å². The summed E-state index contributed by atoms with van der Waals surface area (Å²) in [6.45, 7) is 5.72. The molecule has 3 rings (SSSR count). The second-order valence-electron chi connectivity index (χ2n) is 9.73. The molecule has 1 heteroatoms. The summed E-state index contributed by atoms with van der Waals surface area (Å²) in [5, 5.41) is 0. The third-order valence-corrected chi connectivity index (χ3v) is 8.09. The molecule has 1 saturated heterocycles. The third-order valence-electron chi connectivity index (χ3n) is 8.09. The predicted molar refractivity (Wildman–Crippen MR) is 108 cm³/mol. The van der Waals surface area contributed by atoms with E-state index in [1.165, 1.54) is 70.6 Å². The van der Waals surface area contributed by atoms with Crippen molar-refractivity contribution in [2.45, 2.75) is 116 Å². The molecular weight excluding hydrogens is 304 g/mol. The van der Waals surface area contributed by atoms with Crippen molar-refractivity contribution >= 4 is 0 Å². The van der Waals surface area contributed by atoms with Gasteiger partial charge in [0.05, 0.1) is 6.10 Å². The molecule has 0 aromatic carbocycles. The Morgan fingerprint density at radius 1 is 0.600 bits per heavy atom. The molecule has 25 heavy (non-hydrogen) atoms. The quantitative estimate of drug-likeness (QED) is 0.466. The molecule has 0 bridgehead atoms. The Kier molecular flexibility index (Phi) is 8.15. The molecule has 1 aliphatic heterocycles. The van der Waals surface area contributed by atoms with E-state index in [9.17, 15) is 0 Å². The Balaban J connectivity index is 1.28. The molecule has 3 aliphatic rings. The second kappa shape index (κ2) is 10.3. The lowest BCUT2D eigenvalue weighted by Crippen LogP contribution is -2.27. The van der Waals surface area contributed by atoms with Gasteiger partial charge in [0, 0.05) is 6.61 Å². The highest BCUT2D eigenvalue weighted by Crippen LogP contribution is 2.43. The third kappa shape index (κ3) is 5.98. The van der Waals surface area contributed by atoms with Crippen LogP contribution in [0.25, 0.3) is 0 Å². The van der Waals surface area contributed by atoms with Crippen molar-refractivity contribution in [3.8, 4) is 0 Å². The van der Waals surface area contributed by atoms with Gasteiger partial charge in [-0.3, -0.25) is 0 Å². The predicted octanol–water partition coefficient (Wildman–Crippen LogP) is 7.38. The van der Waals surface area contributed by atoms with Crippen LogP contribution >= 0.6 is 0 Å². The van der Waals surface area contributed by atoms with Crippen molar-refractivity contribution in [1.82, 2.24) is 0 Å². The van der Waals surface area contributed by atoms with Crippen molar-refractivity contribution in [3.63, 3.8) is 0 Å². The van der Waals surface area contributed by atoms with Gasteiger partial charge in [-0.1, -0.05) is 58.8 Å². The van der Waals surface area contributed by atoms with Gasteiger partial charge in [0.25, 0.3) is 0 Å². The van der Waals surface area contributed by atoms with E-state index < -0.39 is 0 Å². The van der Waals surface area contributed by atoms with Crippen LogP contribution in [0.5, 0.6) is 0 Å². The van der Waals surface area contributed by atoms with Crippen LogP contribution in [0.1, 0.15) is 110 Å². The average molecular weight is 349 g/mol. The molecule has 146 valence electrons. The fourth-order valence-corrected chi connectivity index (χ4v) is 6.13. The standard InChI is InChI=1S/C24H44O/c1-3-5-24-17-12-21(18-25-24)7-6-20-10-15-23(16-11-20)22-13-8-19(4-2)9-14-22/h19-24H,3-18H2,1-2H3. The lowest BCUT2D eigenvalue weighted by atomic mass is 9.68. The van der Waals surface area contributed by atoms with E-state index in [1.807, 2.05) is 0 Å². The molecule has 0 amide bonds. The average Bonchev–Trinajstić information content (AvgIpc) is 2.68. The van der Waals surface area contributed by atoms with E-state index in [4.69, 9.17) is 4.74 Å². The second-order valence-corrected chi connectivity index (χ2v) is 9.73. The normalized spacial score (nSPS) is 40.1. The van der Waals surface area contributed by atoms with Gasteiger partial charge >= 0.3 is 0 Å². The van der Waals surface area contributed by atoms with E-state index in [0.717, 1.165) is 36.2 Å². The van der Waals surface area contributed by atoms with Crippen LogP contribution in [0, 0.1) is 29.6 Å². The summed E-state index contributed by atoms with van der Waals surface area (Å²) >= 11 is 0. The van der Waals surface area contributed by atoms with Crippen LogP contribution in [0.3, 0.4) is 0 Å². The largest absolute Gasteiger partial charge is 0.378 e. The molecular formula is C24H44O. The molecule has 0 N–H and O–H groups in total. The molecule has 3 fully saturated rings. The number of rotatable bonds is 7. The summed E-state index contributed by atoms with van der Waals surface area (Å²) in [6, 6.07) is 0. The molecule has 2 atom stereocenters. The van der Waals surface area contributed by atoms with E-state index in [1.54, 1.807) is 25.7 Å². The first-order valence-electron chi connectivity index (χ1n) is 11.9. The van der Waals surface area contributed by atoms with Crippen molar-refractivity contribution in [1.29, 1.82) is 0 Å². The fourth-order valence-electron chi connectivity index (χ4n) is 6.13. The van der Waals surface area contributed by atoms with Crippen LogP contribution in [-0.2, 0) is 4.74 Å². The molecule has 0 spiro atoms. The lowest BCUT2D eigenvalue weighted by molar-refractivity contribution is -0.0238. The van der Waals surface area contributed by atoms with E-state index >= 15 is 0 Å². The lowest BCUT2D eigenvalue weighted by Gasteiger charge is -2.38. The van der Waals surface area contributed by atoms with E-state index in [-0.39, 0.29) is 0 Å². The van der Waals surface area contributed by atoms with Gasteiger partial charge in [0.15, 0.2) is 0 Å². The maximum Gasteiger partial charge on any atom is 0.0575 e. The Morgan fingerprint density at radius 2 is 1.16 bits per heavy atom.